The van der Waals surface area contributed by atoms with E-state index in [1.807, 2.05) is 90.9 Å². The quantitative estimate of drug-likeness (QED) is 0.137. The lowest BCUT2D eigenvalue weighted by molar-refractivity contribution is -0.150. The van der Waals surface area contributed by atoms with Crippen LogP contribution in [0.25, 0.3) is 0 Å². The molecule has 59 heavy (non-hydrogen) atoms. The first-order chi connectivity index (χ1) is 26.0. The monoisotopic (exact) mass is 834 g/mol. The summed E-state index contributed by atoms with van der Waals surface area (Å²) >= 11 is 0. The molecule has 0 aliphatic heterocycles. The molecule has 10 N–H and O–H groups in total. The molecule has 0 aliphatic rings. The Morgan fingerprint density at radius 1 is 0.627 bits per heavy atom. The highest BCUT2D eigenvalue weighted by Gasteiger charge is 2.41. The highest BCUT2D eigenvalue weighted by Crippen LogP contribution is 2.25. The summed E-state index contributed by atoms with van der Waals surface area (Å²) in [5.74, 6) is -2.76. The van der Waals surface area contributed by atoms with Gasteiger partial charge in [0.25, 0.3) is 0 Å². The van der Waals surface area contributed by atoms with Crippen LogP contribution in [0.5, 0.6) is 5.75 Å². The van der Waals surface area contributed by atoms with Gasteiger partial charge in [-0.25, -0.2) is 4.79 Å². The van der Waals surface area contributed by atoms with Crippen LogP contribution >= 0.6 is 0 Å². The Kier molecular flexibility index (Phi) is 22.3. The van der Waals surface area contributed by atoms with Crippen molar-refractivity contribution in [2.45, 2.75) is 139 Å². The molecule has 0 amide bonds. The molecular weight excluding hydrogens is 759 g/mol. The highest BCUT2D eigenvalue weighted by atomic mass is 16.5. The van der Waals surface area contributed by atoms with Gasteiger partial charge in [0, 0.05) is 29.5 Å². The molecule has 0 radical (unpaired) electrons. The summed E-state index contributed by atoms with van der Waals surface area (Å²) in [5.41, 5.74) is 15.8. The van der Waals surface area contributed by atoms with Gasteiger partial charge >= 0.3 is 11.9 Å². The van der Waals surface area contributed by atoms with Crippen LogP contribution in [0.1, 0.15) is 117 Å². The lowest BCUT2D eigenvalue weighted by Gasteiger charge is -2.32. The molecule has 0 saturated carbocycles. The minimum atomic E-state index is -1.54. The van der Waals surface area contributed by atoms with Gasteiger partial charge in [0.1, 0.15) is 35.9 Å². The second kappa shape index (κ2) is 23.1. The fourth-order valence-corrected chi connectivity index (χ4v) is 5.81. The third-order valence-electron chi connectivity index (χ3n) is 9.32. The van der Waals surface area contributed by atoms with E-state index in [1.165, 1.54) is 34.6 Å². The van der Waals surface area contributed by atoms with Crippen LogP contribution in [0, 0.1) is 44.4 Å². The zero-order valence-electron chi connectivity index (χ0n) is 38.4. The van der Waals surface area contributed by atoms with E-state index in [1.54, 1.807) is 27.7 Å². The summed E-state index contributed by atoms with van der Waals surface area (Å²) in [6.45, 7) is 26.8. The lowest BCUT2D eigenvalue weighted by atomic mass is 9.80. The van der Waals surface area contributed by atoms with Gasteiger partial charge in [-0.05, 0) is 113 Å². The van der Waals surface area contributed by atoms with Crippen LogP contribution in [-0.4, -0.2) is 92.6 Å². The SMILES string of the molecule is CC(=O)OC[C@@H](C(=O)C(C)(C)O)C(C)(C)N.CC(C)C(=O)[C@H](COc1ccccc1)C(C)(C)N.Cc1cc(C)c(C(=O)OC[C@@H](C(=O)C(C)(C)O)C(C)(C)N)c(C)c1.O. The third-order valence-corrected chi connectivity index (χ3v) is 9.32. The molecule has 0 saturated heterocycles. The van der Waals surface area contributed by atoms with Crippen LogP contribution < -0.4 is 21.9 Å². The van der Waals surface area contributed by atoms with E-state index >= 15 is 0 Å². The van der Waals surface area contributed by atoms with E-state index in [-0.39, 0.29) is 36.3 Å². The predicted octanol–water partition coefficient (Wildman–Crippen LogP) is 4.52. The Morgan fingerprint density at radius 2 is 1.00 bits per heavy atom. The number of aliphatic hydroxyl groups is 2. The van der Waals surface area contributed by atoms with E-state index < -0.39 is 63.2 Å². The van der Waals surface area contributed by atoms with Crippen molar-refractivity contribution in [2.24, 2.45) is 40.9 Å². The van der Waals surface area contributed by atoms with Crippen molar-refractivity contribution in [1.29, 1.82) is 0 Å². The number of carbonyl (C=O) groups is 5. The highest BCUT2D eigenvalue weighted by molar-refractivity contribution is 5.94. The minimum absolute atomic E-state index is 0. The van der Waals surface area contributed by atoms with Crippen LogP contribution in [0.15, 0.2) is 42.5 Å². The van der Waals surface area contributed by atoms with E-state index in [0.717, 1.165) is 22.4 Å². The zero-order chi connectivity index (χ0) is 45.8. The van der Waals surface area contributed by atoms with Crippen LogP contribution in [0.4, 0.5) is 0 Å². The van der Waals surface area contributed by atoms with E-state index in [9.17, 15) is 34.2 Å². The Hall–Kier alpha value is -4.05. The number of carbonyl (C=O) groups excluding carboxylic acids is 5. The van der Waals surface area contributed by atoms with Crippen molar-refractivity contribution in [3.8, 4) is 5.75 Å². The van der Waals surface area contributed by atoms with E-state index in [0.29, 0.717) is 12.2 Å². The van der Waals surface area contributed by atoms with Crippen LogP contribution in [-0.2, 0) is 28.7 Å². The maximum atomic E-state index is 12.5. The number of rotatable bonds is 17. The molecule has 2 aromatic carbocycles. The molecule has 0 heterocycles. The fraction of sp³-hybridized carbons (Fsp3) is 0.622. The third kappa shape index (κ3) is 20.2. The topological polar surface area (TPSA) is 263 Å². The number of para-hydroxylation sites is 1. The average molecular weight is 834 g/mol. The summed E-state index contributed by atoms with van der Waals surface area (Å²) in [6.07, 6.45) is 0. The van der Waals surface area contributed by atoms with Gasteiger partial charge < -0.3 is 47.1 Å². The van der Waals surface area contributed by atoms with Crippen molar-refractivity contribution < 1.29 is 53.9 Å². The van der Waals surface area contributed by atoms with Crippen LogP contribution in [0.3, 0.4) is 0 Å². The predicted molar refractivity (Wildman–Crippen MR) is 231 cm³/mol. The van der Waals surface area contributed by atoms with Crippen molar-refractivity contribution in [2.75, 3.05) is 19.8 Å². The Morgan fingerprint density at radius 3 is 1.32 bits per heavy atom. The minimum Gasteiger partial charge on any atom is -0.493 e. The molecule has 14 nitrogen and oxygen atoms in total. The largest absolute Gasteiger partial charge is 0.493 e. The molecule has 3 atom stereocenters. The summed E-state index contributed by atoms with van der Waals surface area (Å²) < 4.78 is 15.8. The summed E-state index contributed by atoms with van der Waals surface area (Å²) in [4.78, 5) is 59.6. The molecule has 336 valence electrons. The average Bonchev–Trinajstić information content (AvgIpc) is 3.02. The van der Waals surface area contributed by atoms with E-state index in [2.05, 4.69) is 0 Å². The first-order valence-corrected chi connectivity index (χ1v) is 19.5. The molecule has 0 aromatic heterocycles. The number of ketones is 3. The Labute approximate surface area is 352 Å². The van der Waals surface area contributed by atoms with E-state index in [4.69, 9.17) is 31.4 Å². The molecule has 0 spiro atoms. The molecule has 0 aliphatic carbocycles. The van der Waals surface area contributed by atoms with Gasteiger partial charge in [0.05, 0.1) is 29.9 Å². The Balaban J connectivity index is 0. The number of aryl methyl sites for hydroxylation is 3. The summed E-state index contributed by atoms with van der Waals surface area (Å²) in [7, 11) is 0. The first kappa shape index (κ1) is 57.0. The van der Waals surface area contributed by atoms with Gasteiger partial charge in [0.15, 0.2) is 11.6 Å². The van der Waals surface area contributed by atoms with Crippen LogP contribution in [0.2, 0.25) is 0 Å². The number of hydrogen-bond acceptors (Lipinski definition) is 13. The molecule has 0 bridgehead atoms. The zero-order valence-corrected chi connectivity index (χ0v) is 38.4. The normalized spacial score (nSPS) is 13.5. The molecule has 2 rings (SSSR count). The Bertz CT molecular complexity index is 1650. The summed E-state index contributed by atoms with van der Waals surface area (Å²) in [6, 6.07) is 13.3. The van der Waals surface area contributed by atoms with Gasteiger partial charge in [-0.15, -0.1) is 0 Å². The number of Topliss-reactive ketones (excluding diaryl/α,β-unsaturated/α-hetero) is 3. The maximum absolute atomic E-state index is 12.5. The molecule has 0 fully saturated rings. The molecule has 14 heteroatoms. The smallest absolute Gasteiger partial charge is 0.338 e. The molecular formula is C45H75N3O11. The van der Waals surface area contributed by atoms with Gasteiger partial charge in [-0.2, -0.15) is 0 Å². The van der Waals surface area contributed by atoms with Crippen molar-refractivity contribution >= 4 is 29.3 Å². The second-order valence-electron chi connectivity index (χ2n) is 18.3. The van der Waals surface area contributed by atoms with Gasteiger partial charge in [-0.3, -0.25) is 19.2 Å². The lowest BCUT2D eigenvalue weighted by Crippen LogP contribution is -2.53. The number of esters is 2. The molecule has 0 unspecified atom stereocenters. The van der Waals surface area contributed by atoms with Crippen molar-refractivity contribution in [3.05, 3.63) is 64.7 Å². The molecule has 2 aromatic rings. The first-order valence-electron chi connectivity index (χ1n) is 19.5. The van der Waals surface area contributed by atoms with Crippen molar-refractivity contribution in [1.82, 2.24) is 0 Å². The number of hydrogen-bond donors (Lipinski definition) is 5. The van der Waals surface area contributed by atoms with Gasteiger partial charge in [-0.1, -0.05) is 49.7 Å². The number of ether oxygens (including phenoxy) is 3. The summed E-state index contributed by atoms with van der Waals surface area (Å²) in [5, 5.41) is 19.6. The standard InChI is InChI=1S/C19H29NO4.C15H23NO2.C11H21NO4.H2O/c1-11-8-12(2)15(13(3)9-11)17(22)24-10-14(18(4,5)20)16(21)19(6,7)23;1-11(2)14(17)13(15(3,4)16)10-18-12-8-6-5-7-9-12;1-7(13)16-6-8(10(2,3)12)9(14)11(4,5)15;/h8-9,14,23H,10,20H2,1-7H3;5-9,11,13H,10,16H2,1-4H3;8,15H,6,12H2,1-5H3;1H2/t14-;13-;8-;/m000./s1. The van der Waals surface area contributed by atoms with Gasteiger partial charge in [0.2, 0.25) is 0 Å². The number of benzene rings is 2. The van der Waals surface area contributed by atoms with Crippen molar-refractivity contribution in [3.63, 3.8) is 0 Å². The maximum Gasteiger partial charge on any atom is 0.338 e. The second-order valence-corrected chi connectivity index (χ2v) is 18.3. The fourth-order valence-electron chi connectivity index (χ4n) is 5.81. The number of nitrogens with two attached hydrogens (primary N) is 3.